The second kappa shape index (κ2) is 5.66. The van der Waals surface area contributed by atoms with Crippen molar-refractivity contribution in [1.82, 2.24) is 9.88 Å². The molecule has 1 heterocycles. The van der Waals surface area contributed by atoms with E-state index in [-0.39, 0.29) is 17.7 Å². The Morgan fingerprint density at radius 1 is 1.47 bits per heavy atom. The van der Waals surface area contributed by atoms with E-state index in [9.17, 15) is 14.4 Å². The number of carbonyl (C=O) groups excluding carboxylic acids is 1. The van der Waals surface area contributed by atoms with Crippen molar-refractivity contribution in [1.29, 1.82) is 0 Å². The summed E-state index contributed by atoms with van der Waals surface area (Å²) >= 11 is 0. The fraction of sp³-hybridized carbons (Fsp3) is 0.417. The minimum atomic E-state index is -1.53. The van der Waals surface area contributed by atoms with Crippen molar-refractivity contribution in [2.45, 2.75) is 12.5 Å². The van der Waals surface area contributed by atoms with Crippen molar-refractivity contribution in [3.63, 3.8) is 0 Å². The summed E-state index contributed by atoms with van der Waals surface area (Å²) in [4.78, 5) is 34.3. The molecule has 1 unspecified atom stereocenters. The number of methoxy groups -OCH3 is 1. The maximum atomic E-state index is 12.0. The van der Waals surface area contributed by atoms with Crippen LogP contribution in [-0.4, -0.2) is 40.8 Å². The van der Waals surface area contributed by atoms with Crippen molar-refractivity contribution >= 4 is 11.9 Å². The van der Waals surface area contributed by atoms with E-state index in [2.05, 4.69) is 5.32 Å². The molecular formula is C12H16N2O5. The summed E-state index contributed by atoms with van der Waals surface area (Å²) in [6.07, 6.45) is 1.34. The van der Waals surface area contributed by atoms with Gasteiger partial charge in [-0.15, -0.1) is 0 Å². The summed E-state index contributed by atoms with van der Waals surface area (Å²) in [6.45, 7) is 1.18. The number of aryl methyl sites for hydroxylation is 1. The normalized spacial score (nSPS) is 13.6. The molecule has 1 aromatic heterocycles. The molecule has 19 heavy (non-hydrogen) atoms. The molecule has 0 bridgehead atoms. The average molecular weight is 268 g/mol. The van der Waals surface area contributed by atoms with Crippen LogP contribution in [0.5, 0.6) is 0 Å². The summed E-state index contributed by atoms with van der Waals surface area (Å²) in [5.41, 5.74) is -1.58. The van der Waals surface area contributed by atoms with Crippen molar-refractivity contribution in [3.8, 4) is 0 Å². The summed E-state index contributed by atoms with van der Waals surface area (Å²) < 4.78 is 6.04. The number of pyridine rings is 1. The van der Waals surface area contributed by atoms with Gasteiger partial charge in [0, 0.05) is 26.4 Å². The molecule has 0 saturated heterocycles. The third kappa shape index (κ3) is 3.41. The van der Waals surface area contributed by atoms with E-state index < -0.39 is 17.4 Å². The van der Waals surface area contributed by atoms with Gasteiger partial charge in [-0.3, -0.25) is 9.59 Å². The van der Waals surface area contributed by atoms with E-state index in [1.165, 1.54) is 44.0 Å². The number of aliphatic carboxylic acids is 1. The Kier molecular flexibility index (Phi) is 4.44. The van der Waals surface area contributed by atoms with E-state index >= 15 is 0 Å². The molecule has 0 radical (unpaired) electrons. The van der Waals surface area contributed by atoms with Gasteiger partial charge in [0.25, 0.3) is 5.91 Å². The van der Waals surface area contributed by atoms with Crippen molar-refractivity contribution in [3.05, 3.63) is 34.2 Å². The van der Waals surface area contributed by atoms with Crippen LogP contribution in [0.25, 0.3) is 0 Å². The number of aromatic nitrogens is 1. The number of hydrogen-bond donors (Lipinski definition) is 2. The van der Waals surface area contributed by atoms with Crippen LogP contribution < -0.4 is 10.9 Å². The lowest BCUT2D eigenvalue weighted by Crippen LogP contribution is -2.55. The van der Waals surface area contributed by atoms with Crippen LogP contribution in [0.1, 0.15) is 17.3 Å². The van der Waals surface area contributed by atoms with Gasteiger partial charge >= 0.3 is 5.97 Å². The molecule has 104 valence electrons. The standard InChI is InChI=1S/C12H16N2O5/c1-12(7-19-3,11(17)18)13-10(16)8-4-5-9(15)14(2)6-8/h4-6H,7H2,1-3H3,(H,13,16)(H,17,18). The van der Waals surface area contributed by atoms with Gasteiger partial charge in [-0.2, -0.15) is 0 Å². The Morgan fingerprint density at radius 3 is 2.58 bits per heavy atom. The molecule has 0 saturated carbocycles. The predicted molar refractivity (Wildman–Crippen MR) is 67.1 cm³/mol. The number of nitrogens with one attached hydrogen (secondary N) is 1. The Hall–Kier alpha value is -2.15. The largest absolute Gasteiger partial charge is 0.479 e. The van der Waals surface area contributed by atoms with E-state index in [1.54, 1.807) is 0 Å². The number of carboxylic acid groups (broad SMARTS) is 1. The monoisotopic (exact) mass is 268 g/mol. The molecule has 7 nitrogen and oxygen atoms in total. The number of carboxylic acids is 1. The zero-order chi connectivity index (χ0) is 14.6. The molecule has 0 aliphatic rings. The topological polar surface area (TPSA) is 97.6 Å². The molecule has 1 atom stereocenters. The Morgan fingerprint density at radius 2 is 2.11 bits per heavy atom. The highest BCUT2D eigenvalue weighted by atomic mass is 16.5. The third-order valence-corrected chi connectivity index (χ3v) is 2.64. The molecular weight excluding hydrogens is 252 g/mol. The molecule has 0 aromatic carbocycles. The van der Waals surface area contributed by atoms with Crippen LogP contribution in [-0.2, 0) is 16.6 Å². The maximum Gasteiger partial charge on any atom is 0.331 e. The van der Waals surface area contributed by atoms with Crippen LogP contribution in [0, 0.1) is 0 Å². The fourth-order valence-corrected chi connectivity index (χ4v) is 1.49. The highest BCUT2D eigenvalue weighted by Crippen LogP contribution is 2.07. The van der Waals surface area contributed by atoms with Crippen molar-refractivity contribution < 1.29 is 19.4 Å². The second-order valence-electron chi connectivity index (χ2n) is 4.39. The van der Waals surface area contributed by atoms with Crippen LogP contribution in [0.4, 0.5) is 0 Å². The van der Waals surface area contributed by atoms with E-state index in [0.29, 0.717) is 0 Å². The first kappa shape index (κ1) is 14.9. The third-order valence-electron chi connectivity index (χ3n) is 2.64. The van der Waals surface area contributed by atoms with Gasteiger partial charge in [0.2, 0.25) is 5.56 Å². The number of rotatable bonds is 5. The molecule has 1 aromatic rings. The highest BCUT2D eigenvalue weighted by molar-refractivity contribution is 5.97. The molecule has 0 spiro atoms. The van der Waals surface area contributed by atoms with Gasteiger partial charge < -0.3 is 19.7 Å². The zero-order valence-corrected chi connectivity index (χ0v) is 11.0. The summed E-state index contributed by atoms with van der Waals surface area (Å²) in [7, 11) is 2.85. The molecule has 0 aliphatic heterocycles. The van der Waals surface area contributed by atoms with Crippen LogP contribution >= 0.6 is 0 Å². The van der Waals surface area contributed by atoms with Gasteiger partial charge in [-0.05, 0) is 13.0 Å². The summed E-state index contributed by atoms with van der Waals surface area (Å²) in [5, 5.41) is 11.5. The first-order valence-electron chi connectivity index (χ1n) is 5.51. The Labute approximate surface area is 109 Å². The molecule has 0 fully saturated rings. The van der Waals surface area contributed by atoms with Gasteiger partial charge in [-0.1, -0.05) is 0 Å². The summed E-state index contributed by atoms with van der Waals surface area (Å²) in [6, 6.07) is 2.58. The summed E-state index contributed by atoms with van der Waals surface area (Å²) in [5.74, 6) is -1.79. The van der Waals surface area contributed by atoms with E-state index in [4.69, 9.17) is 9.84 Å². The van der Waals surface area contributed by atoms with Gasteiger partial charge in [0.05, 0.1) is 12.2 Å². The van der Waals surface area contributed by atoms with E-state index in [1.807, 2.05) is 0 Å². The predicted octanol–water partition coefficient (Wildman–Crippen LogP) is -0.395. The van der Waals surface area contributed by atoms with Crippen LogP contribution in [0.15, 0.2) is 23.1 Å². The first-order chi connectivity index (χ1) is 8.80. The van der Waals surface area contributed by atoms with Gasteiger partial charge in [-0.25, -0.2) is 4.79 Å². The van der Waals surface area contributed by atoms with Crippen LogP contribution in [0.3, 0.4) is 0 Å². The lowest BCUT2D eigenvalue weighted by molar-refractivity contribution is -0.145. The smallest absolute Gasteiger partial charge is 0.331 e. The molecule has 1 rings (SSSR count). The minimum absolute atomic E-state index is 0.167. The Bertz CT molecular complexity index is 551. The first-order valence-corrected chi connectivity index (χ1v) is 5.51. The molecule has 0 aliphatic carbocycles. The lowest BCUT2D eigenvalue weighted by Gasteiger charge is -2.25. The number of amides is 1. The Balaban J connectivity index is 2.97. The molecule has 1 amide bonds. The zero-order valence-electron chi connectivity index (χ0n) is 11.0. The van der Waals surface area contributed by atoms with Gasteiger partial charge in [0.1, 0.15) is 0 Å². The number of carbonyl (C=O) groups is 2. The lowest BCUT2D eigenvalue weighted by atomic mass is 10.0. The SMILES string of the molecule is COCC(C)(NC(=O)c1ccc(=O)n(C)c1)C(=O)O. The fourth-order valence-electron chi connectivity index (χ4n) is 1.49. The van der Waals surface area contributed by atoms with Gasteiger partial charge in [0.15, 0.2) is 5.54 Å². The van der Waals surface area contributed by atoms with Crippen LogP contribution in [0.2, 0.25) is 0 Å². The van der Waals surface area contributed by atoms with Crippen molar-refractivity contribution in [2.24, 2.45) is 7.05 Å². The second-order valence-corrected chi connectivity index (χ2v) is 4.39. The van der Waals surface area contributed by atoms with E-state index in [0.717, 1.165) is 0 Å². The maximum absolute atomic E-state index is 12.0. The highest BCUT2D eigenvalue weighted by Gasteiger charge is 2.35. The number of ether oxygens (including phenoxy) is 1. The van der Waals surface area contributed by atoms with Crippen molar-refractivity contribution in [2.75, 3.05) is 13.7 Å². The quantitative estimate of drug-likeness (QED) is 0.757. The molecule has 7 heteroatoms. The number of nitrogens with zero attached hydrogens (tertiary/aromatic N) is 1. The minimum Gasteiger partial charge on any atom is -0.479 e. The average Bonchev–Trinajstić information content (AvgIpc) is 2.32. The number of hydrogen-bond acceptors (Lipinski definition) is 4. The molecule has 2 N–H and O–H groups in total.